The lowest BCUT2D eigenvalue weighted by molar-refractivity contribution is -0.302. The van der Waals surface area contributed by atoms with Crippen molar-refractivity contribution in [2.45, 2.75) is 275 Å². The Morgan fingerprint density at radius 2 is 0.965 bits per heavy atom. The number of carbonyl (C=O) groups is 1. The van der Waals surface area contributed by atoms with Crippen LogP contribution in [0.3, 0.4) is 0 Å². The summed E-state index contributed by atoms with van der Waals surface area (Å²) in [5.41, 5.74) is 0. The van der Waals surface area contributed by atoms with E-state index in [4.69, 9.17) is 9.47 Å². The fraction of sp³-hybridized carbons (Fsp3) is 0.938. The Labute approximate surface area is 350 Å². The molecule has 9 nitrogen and oxygen atoms in total. The molecule has 0 aromatic rings. The second-order valence-corrected chi connectivity index (χ2v) is 17.3. The van der Waals surface area contributed by atoms with Gasteiger partial charge in [0.05, 0.1) is 25.4 Å². The van der Waals surface area contributed by atoms with E-state index < -0.39 is 49.5 Å². The average Bonchev–Trinajstić information content (AvgIpc) is 3.21. The van der Waals surface area contributed by atoms with Crippen LogP contribution in [0.15, 0.2) is 12.2 Å². The minimum atomic E-state index is -1.56. The van der Waals surface area contributed by atoms with Gasteiger partial charge in [0.25, 0.3) is 0 Å². The third-order valence-corrected chi connectivity index (χ3v) is 11.9. The summed E-state index contributed by atoms with van der Waals surface area (Å²) in [6.45, 7) is 3.70. The highest BCUT2D eigenvalue weighted by Crippen LogP contribution is 2.23. The first-order valence-corrected chi connectivity index (χ1v) is 24.4. The number of allylic oxidation sites excluding steroid dienone is 1. The van der Waals surface area contributed by atoms with Crippen LogP contribution in [0.25, 0.3) is 0 Å². The molecular weight excluding hydrogens is 719 g/mol. The molecule has 1 heterocycles. The number of amides is 1. The summed E-state index contributed by atoms with van der Waals surface area (Å²) in [7, 11) is 0. The number of hydrogen-bond donors (Lipinski definition) is 6. The summed E-state index contributed by atoms with van der Waals surface area (Å²) in [5.74, 6) is -0.178. The maximum absolute atomic E-state index is 12.9. The lowest BCUT2D eigenvalue weighted by Crippen LogP contribution is -2.60. The molecule has 1 amide bonds. The van der Waals surface area contributed by atoms with Gasteiger partial charge in [-0.2, -0.15) is 0 Å². The van der Waals surface area contributed by atoms with Gasteiger partial charge in [0, 0.05) is 6.42 Å². The van der Waals surface area contributed by atoms with Crippen molar-refractivity contribution in [3.8, 4) is 0 Å². The van der Waals surface area contributed by atoms with Crippen LogP contribution in [0.4, 0.5) is 0 Å². The molecule has 57 heavy (non-hydrogen) atoms. The summed E-state index contributed by atoms with van der Waals surface area (Å²) in [4.78, 5) is 12.9. The van der Waals surface area contributed by atoms with Crippen molar-refractivity contribution < 1.29 is 39.8 Å². The predicted molar refractivity (Wildman–Crippen MR) is 235 cm³/mol. The minimum Gasteiger partial charge on any atom is -0.394 e. The summed E-state index contributed by atoms with van der Waals surface area (Å²) >= 11 is 0. The molecule has 1 aliphatic heterocycles. The Morgan fingerprint density at radius 1 is 0.579 bits per heavy atom. The van der Waals surface area contributed by atoms with E-state index in [2.05, 4.69) is 19.2 Å². The average molecular weight is 812 g/mol. The smallest absolute Gasteiger partial charge is 0.220 e. The Kier molecular flexibility index (Phi) is 37.0. The molecule has 7 atom stereocenters. The fourth-order valence-electron chi connectivity index (χ4n) is 7.92. The van der Waals surface area contributed by atoms with Gasteiger partial charge in [0.15, 0.2) is 6.29 Å². The number of ether oxygens (including phenoxy) is 2. The van der Waals surface area contributed by atoms with Gasteiger partial charge in [-0.05, 0) is 19.3 Å². The van der Waals surface area contributed by atoms with Crippen LogP contribution in [-0.4, -0.2) is 87.5 Å². The zero-order chi connectivity index (χ0) is 41.6. The van der Waals surface area contributed by atoms with Crippen LogP contribution in [0.1, 0.15) is 232 Å². The van der Waals surface area contributed by atoms with E-state index in [0.717, 1.165) is 44.9 Å². The van der Waals surface area contributed by atoms with E-state index in [0.29, 0.717) is 6.42 Å². The molecule has 9 heteroatoms. The van der Waals surface area contributed by atoms with Gasteiger partial charge in [-0.15, -0.1) is 0 Å². The molecule has 0 spiro atoms. The molecule has 1 rings (SSSR count). The number of carbonyl (C=O) groups excluding carboxylic acids is 1. The molecule has 0 aromatic heterocycles. The first-order chi connectivity index (χ1) is 27.8. The monoisotopic (exact) mass is 812 g/mol. The maximum atomic E-state index is 12.9. The van der Waals surface area contributed by atoms with E-state index in [1.165, 1.54) is 167 Å². The molecule has 7 unspecified atom stereocenters. The number of hydrogen-bond acceptors (Lipinski definition) is 8. The Hall–Kier alpha value is -1.07. The number of rotatable bonds is 41. The second-order valence-electron chi connectivity index (χ2n) is 17.3. The van der Waals surface area contributed by atoms with Gasteiger partial charge in [0.1, 0.15) is 24.4 Å². The summed E-state index contributed by atoms with van der Waals surface area (Å²) < 4.78 is 11.1. The molecule has 1 saturated heterocycles. The van der Waals surface area contributed by atoms with Crippen LogP contribution < -0.4 is 5.32 Å². The molecule has 1 aliphatic rings. The normalized spacial score (nSPS) is 21.0. The van der Waals surface area contributed by atoms with Crippen molar-refractivity contribution in [2.75, 3.05) is 13.2 Å². The number of aliphatic hydroxyl groups is 5. The highest BCUT2D eigenvalue weighted by atomic mass is 16.7. The third kappa shape index (κ3) is 29.7. The highest BCUT2D eigenvalue weighted by Gasteiger charge is 2.44. The van der Waals surface area contributed by atoms with Crippen molar-refractivity contribution in [2.24, 2.45) is 0 Å². The van der Waals surface area contributed by atoms with Gasteiger partial charge >= 0.3 is 0 Å². The van der Waals surface area contributed by atoms with E-state index in [1.54, 1.807) is 6.08 Å². The largest absolute Gasteiger partial charge is 0.394 e. The maximum Gasteiger partial charge on any atom is 0.220 e. The molecule has 1 fully saturated rings. The van der Waals surface area contributed by atoms with Crippen molar-refractivity contribution in [1.82, 2.24) is 5.32 Å². The van der Waals surface area contributed by atoms with Gasteiger partial charge in [-0.25, -0.2) is 0 Å². The van der Waals surface area contributed by atoms with Crippen LogP contribution in [-0.2, 0) is 14.3 Å². The van der Waals surface area contributed by atoms with E-state index in [-0.39, 0.29) is 12.5 Å². The summed E-state index contributed by atoms with van der Waals surface area (Å²) in [6.07, 6.45) is 38.9. The molecule has 0 radical (unpaired) electrons. The number of unbranched alkanes of at least 4 members (excludes halogenated alkanes) is 31. The lowest BCUT2D eigenvalue weighted by atomic mass is 9.99. The molecule has 338 valence electrons. The lowest BCUT2D eigenvalue weighted by Gasteiger charge is -2.40. The molecular formula is C48H93NO8. The first kappa shape index (κ1) is 53.9. The topological polar surface area (TPSA) is 149 Å². The summed E-state index contributed by atoms with van der Waals surface area (Å²) in [6, 6.07) is -0.796. The van der Waals surface area contributed by atoms with Gasteiger partial charge in [-0.1, -0.05) is 219 Å². The number of nitrogens with one attached hydrogen (secondary N) is 1. The second kappa shape index (κ2) is 39.1. The van der Waals surface area contributed by atoms with Crippen LogP contribution >= 0.6 is 0 Å². The number of aliphatic hydroxyl groups excluding tert-OH is 5. The first-order valence-electron chi connectivity index (χ1n) is 24.4. The zero-order valence-corrected chi connectivity index (χ0v) is 37.1. The standard InChI is InChI=1S/C48H93NO8/c1-3-5-7-9-11-12-13-14-15-16-17-18-19-20-21-22-23-24-25-26-27-28-29-30-31-32-34-36-38-44(52)49-41(42(51)37-35-33-10-8-6-4-2)40-56-48-47(55)46(54)45(53)43(39-50)57-48/h35,37,41-43,45-48,50-51,53-55H,3-34,36,38-40H2,1-2H3,(H,49,52)/b37-35+. The molecule has 0 aliphatic carbocycles. The molecule has 6 N–H and O–H groups in total. The molecule has 0 bridgehead atoms. The van der Waals surface area contributed by atoms with Crippen molar-refractivity contribution in [3.63, 3.8) is 0 Å². The quantitative estimate of drug-likeness (QED) is 0.0264. The van der Waals surface area contributed by atoms with Gasteiger partial charge in [0.2, 0.25) is 5.91 Å². The predicted octanol–water partition coefficient (Wildman–Crippen LogP) is 10.5. The Bertz CT molecular complexity index is 904. The van der Waals surface area contributed by atoms with E-state index in [1.807, 2.05) is 6.08 Å². The van der Waals surface area contributed by atoms with E-state index in [9.17, 15) is 30.3 Å². The fourth-order valence-corrected chi connectivity index (χ4v) is 7.92. The van der Waals surface area contributed by atoms with Crippen LogP contribution in [0.2, 0.25) is 0 Å². The zero-order valence-electron chi connectivity index (χ0n) is 37.1. The van der Waals surface area contributed by atoms with Crippen LogP contribution in [0, 0.1) is 0 Å². The summed E-state index contributed by atoms with van der Waals surface area (Å²) in [5, 5.41) is 53.8. The highest BCUT2D eigenvalue weighted by molar-refractivity contribution is 5.76. The molecule has 0 saturated carbocycles. The van der Waals surface area contributed by atoms with Gasteiger partial charge < -0.3 is 40.3 Å². The van der Waals surface area contributed by atoms with Crippen molar-refractivity contribution >= 4 is 5.91 Å². The molecule has 0 aromatic carbocycles. The van der Waals surface area contributed by atoms with Crippen molar-refractivity contribution in [3.05, 3.63) is 12.2 Å². The Balaban J connectivity index is 2.07. The Morgan fingerprint density at radius 3 is 1.37 bits per heavy atom. The minimum absolute atomic E-state index is 0.178. The van der Waals surface area contributed by atoms with Crippen LogP contribution in [0.5, 0.6) is 0 Å². The third-order valence-electron chi connectivity index (χ3n) is 11.9. The van der Waals surface area contributed by atoms with E-state index >= 15 is 0 Å². The van der Waals surface area contributed by atoms with Gasteiger partial charge in [-0.3, -0.25) is 4.79 Å². The van der Waals surface area contributed by atoms with Crippen molar-refractivity contribution in [1.29, 1.82) is 0 Å². The SMILES string of the molecule is CCCCCC/C=C/C(O)C(COC1OC(CO)C(O)C(O)C1O)NC(=O)CCCCCCCCCCCCCCCCCCCCCCCCCCCCCC.